The molecule has 0 aliphatic carbocycles. The molecule has 4 aromatic rings. The number of Topliss-reactive ketones (excluding diaryl/α,β-unsaturated/α-hetero) is 1. The van der Waals surface area contributed by atoms with E-state index in [0.717, 1.165) is 39.6 Å². The van der Waals surface area contributed by atoms with E-state index in [-0.39, 0.29) is 36.8 Å². The van der Waals surface area contributed by atoms with Gasteiger partial charge >= 0.3 is 0 Å². The first-order chi connectivity index (χ1) is 19.4. The number of benzene rings is 3. The fourth-order valence-electron chi connectivity index (χ4n) is 5.36. The molecule has 3 aromatic carbocycles. The molecule has 0 radical (unpaired) electrons. The number of hydrogen-bond donors (Lipinski definition) is 1. The fourth-order valence-corrected chi connectivity index (χ4v) is 5.72. The Kier molecular flexibility index (Phi) is 8.59. The number of piperazine rings is 1. The molecule has 0 atom stereocenters. The summed E-state index contributed by atoms with van der Waals surface area (Å²) in [6, 6.07) is 22.5. The predicted octanol–water partition coefficient (Wildman–Crippen LogP) is 4.82. The lowest BCUT2D eigenvalue weighted by Gasteiger charge is -2.34. The number of carbonyl (C=O) groups is 2. The minimum Gasteiger partial charge on any atom is -0.395 e. The van der Waals surface area contributed by atoms with Gasteiger partial charge in [-0.05, 0) is 46.8 Å². The monoisotopic (exact) mass is 601 g/mol. The average Bonchev–Trinajstić information content (AvgIpc) is 2.99. The van der Waals surface area contributed by atoms with Crippen LogP contribution in [0.4, 0.5) is 0 Å². The summed E-state index contributed by atoms with van der Waals surface area (Å²) in [5.41, 5.74) is 3.20. The van der Waals surface area contributed by atoms with Crippen LogP contribution in [0, 0.1) is 0 Å². The van der Waals surface area contributed by atoms with Gasteiger partial charge in [0, 0.05) is 60.1 Å². The SMILES string of the molecule is CCC(=O)c1c(-c2ccccc2)c2cc(Br)ccc2c(=O)n1Cc1ccc(C(=O)N2CCN(CCO)CC2)cc1. The van der Waals surface area contributed by atoms with E-state index >= 15 is 0 Å². The maximum Gasteiger partial charge on any atom is 0.259 e. The molecule has 2 heterocycles. The van der Waals surface area contributed by atoms with E-state index in [1.807, 2.05) is 59.5 Å². The molecule has 8 heteroatoms. The van der Waals surface area contributed by atoms with Crippen LogP contribution in [-0.4, -0.2) is 70.5 Å². The lowest BCUT2D eigenvalue weighted by Crippen LogP contribution is -2.49. The molecule has 5 rings (SSSR count). The quantitative estimate of drug-likeness (QED) is 0.293. The van der Waals surface area contributed by atoms with Gasteiger partial charge in [0.15, 0.2) is 5.78 Å². The highest BCUT2D eigenvalue weighted by Crippen LogP contribution is 2.33. The van der Waals surface area contributed by atoms with Crippen LogP contribution in [0.15, 0.2) is 82.1 Å². The van der Waals surface area contributed by atoms with Gasteiger partial charge in [0.05, 0.1) is 18.8 Å². The van der Waals surface area contributed by atoms with E-state index in [0.29, 0.717) is 36.3 Å². The van der Waals surface area contributed by atoms with Crippen LogP contribution >= 0.6 is 15.9 Å². The summed E-state index contributed by atoms with van der Waals surface area (Å²) in [7, 11) is 0. The molecule has 1 N–H and O–H groups in total. The largest absolute Gasteiger partial charge is 0.395 e. The minimum absolute atomic E-state index is 0.0307. The molecule has 40 heavy (non-hydrogen) atoms. The number of fused-ring (bicyclic) bond motifs is 1. The zero-order chi connectivity index (χ0) is 28.2. The molecular weight excluding hydrogens is 570 g/mol. The number of pyridine rings is 1. The van der Waals surface area contributed by atoms with Crippen LogP contribution in [0.2, 0.25) is 0 Å². The molecule has 1 aromatic heterocycles. The Morgan fingerprint density at radius 1 is 0.900 bits per heavy atom. The van der Waals surface area contributed by atoms with Crippen molar-refractivity contribution in [3.63, 3.8) is 0 Å². The Hall–Kier alpha value is -3.59. The Morgan fingerprint density at radius 2 is 1.60 bits per heavy atom. The first kappa shape index (κ1) is 28.0. The van der Waals surface area contributed by atoms with Crippen molar-refractivity contribution >= 4 is 38.4 Å². The first-order valence-electron chi connectivity index (χ1n) is 13.6. The predicted molar refractivity (Wildman–Crippen MR) is 161 cm³/mol. The number of halogens is 1. The van der Waals surface area contributed by atoms with Crippen LogP contribution in [0.3, 0.4) is 0 Å². The van der Waals surface area contributed by atoms with E-state index in [1.54, 1.807) is 29.7 Å². The number of amides is 1. The molecule has 1 amide bonds. The third-order valence-electron chi connectivity index (χ3n) is 7.50. The summed E-state index contributed by atoms with van der Waals surface area (Å²) in [6.07, 6.45) is 0.262. The topological polar surface area (TPSA) is 82.9 Å². The van der Waals surface area contributed by atoms with Crippen molar-refractivity contribution in [2.45, 2.75) is 19.9 Å². The second-order valence-corrected chi connectivity index (χ2v) is 10.9. The third kappa shape index (κ3) is 5.66. The Balaban J connectivity index is 1.52. The first-order valence-corrected chi connectivity index (χ1v) is 14.4. The van der Waals surface area contributed by atoms with Gasteiger partial charge in [0.2, 0.25) is 0 Å². The minimum atomic E-state index is -0.222. The third-order valence-corrected chi connectivity index (χ3v) is 7.99. The molecule has 1 aliphatic rings. The zero-order valence-electron chi connectivity index (χ0n) is 22.5. The summed E-state index contributed by atoms with van der Waals surface area (Å²) in [5, 5.41) is 10.4. The molecule has 206 valence electrons. The normalized spacial score (nSPS) is 14.0. The molecule has 0 unspecified atom stereocenters. The van der Waals surface area contributed by atoms with E-state index in [2.05, 4.69) is 20.8 Å². The van der Waals surface area contributed by atoms with Gasteiger partial charge in [-0.15, -0.1) is 0 Å². The molecule has 1 fully saturated rings. The Bertz CT molecular complexity index is 1590. The summed E-state index contributed by atoms with van der Waals surface area (Å²) in [5.74, 6) is -0.137. The number of β-amino-alcohol motifs (C(OH)–C–C–N with tert-alkyl or cyclic N) is 1. The highest BCUT2D eigenvalue weighted by molar-refractivity contribution is 9.10. The van der Waals surface area contributed by atoms with Crippen molar-refractivity contribution in [3.8, 4) is 11.1 Å². The number of hydrogen-bond acceptors (Lipinski definition) is 5. The van der Waals surface area contributed by atoms with Gasteiger partial charge in [-0.1, -0.05) is 65.3 Å². The number of aromatic nitrogens is 1. The number of rotatable bonds is 8. The van der Waals surface area contributed by atoms with Crippen molar-refractivity contribution in [3.05, 3.63) is 104 Å². The van der Waals surface area contributed by atoms with Crippen LogP contribution in [0.25, 0.3) is 21.9 Å². The molecular formula is C32H32BrN3O4. The standard InChI is InChI=1S/C32H32BrN3O4/c1-2-28(38)30-29(23-6-4-3-5-7-23)27-20-25(33)12-13-26(27)32(40)36(30)21-22-8-10-24(11-9-22)31(39)35-16-14-34(15-17-35)18-19-37/h3-13,20,37H,2,14-19,21H2,1H3. The van der Waals surface area contributed by atoms with Crippen LogP contribution in [-0.2, 0) is 6.54 Å². The van der Waals surface area contributed by atoms with Gasteiger partial charge in [-0.25, -0.2) is 0 Å². The van der Waals surface area contributed by atoms with E-state index in [9.17, 15) is 14.4 Å². The number of aliphatic hydroxyl groups excluding tert-OH is 1. The average molecular weight is 603 g/mol. The highest BCUT2D eigenvalue weighted by atomic mass is 79.9. The van der Waals surface area contributed by atoms with E-state index in [1.165, 1.54) is 0 Å². The summed E-state index contributed by atoms with van der Waals surface area (Å²) in [4.78, 5) is 44.4. The highest BCUT2D eigenvalue weighted by Gasteiger charge is 2.24. The smallest absolute Gasteiger partial charge is 0.259 e. The Labute approximate surface area is 241 Å². The van der Waals surface area contributed by atoms with Gasteiger partial charge in [-0.3, -0.25) is 23.9 Å². The zero-order valence-corrected chi connectivity index (χ0v) is 24.1. The van der Waals surface area contributed by atoms with Gasteiger partial charge < -0.3 is 10.0 Å². The fraction of sp³-hybridized carbons (Fsp3) is 0.281. The van der Waals surface area contributed by atoms with Crippen molar-refractivity contribution in [2.75, 3.05) is 39.3 Å². The maximum absolute atomic E-state index is 13.8. The van der Waals surface area contributed by atoms with Crippen molar-refractivity contribution < 1.29 is 14.7 Å². The molecule has 1 saturated heterocycles. The second kappa shape index (κ2) is 12.3. The molecule has 0 spiro atoms. The summed E-state index contributed by atoms with van der Waals surface area (Å²) in [6.45, 7) is 5.47. The van der Waals surface area contributed by atoms with E-state index < -0.39 is 0 Å². The van der Waals surface area contributed by atoms with Gasteiger partial charge in [0.1, 0.15) is 0 Å². The van der Waals surface area contributed by atoms with Crippen LogP contribution in [0.5, 0.6) is 0 Å². The van der Waals surface area contributed by atoms with Crippen molar-refractivity contribution in [2.24, 2.45) is 0 Å². The molecule has 0 saturated carbocycles. The summed E-state index contributed by atoms with van der Waals surface area (Å²) < 4.78 is 2.42. The van der Waals surface area contributed by atoms with Crippen molar-refractivity contribution in [1.29, 1.82) is 0 Å². The number of carbonyl (C=O) groups excluding carboxylic acids is 2. The van der Waals surface area contributed by atoms with Crippen LogP contribution < -0.4 is 5.56 Å². The molecule has 0 bridgehead atoms. The second-order valence-electron chi connectivity index (χ2n) is 10.0. The summed E-state index contributed by atoms with van der Waals surface area (Å²) >= 11 is 3.53. The van der Waals surface area contributed by atoms with Crippen LogP contribution in [0.1, 0.15) is 39.8 Å². The number of nitrogens with zero attached hydrogens (tertiary/aromatic N) is 3. The molecule has 1 aliphatic heterocycles. The maximum atomic E-state index is 13.8. The molecule has 7 nitrogen and oxygen atoms in total. The lowest BCUT2D eigenvalue weighted by atomic mass is 9.94. The van der Waals surface area contributed by atoms with Gasteiger partial charge in [0.25, 0.3) is 11.5 Å². The number of aliphatic hydroxyl groups is 1. The number of ketones is 1. The van der Waals surface area contributed by atoms with Gasteiger partial charge in [-0.2, -0.15) is 0 Å². The lowest BCUT2D eigenvalue weighted by molar-refractivity contribution is 0.0615. The van der Waals surface area contributed by atoms with E-state index in [4.69, 9.17) is 5.11 Å². The Morgan fingerprint density at radius 3 is 2.25 bits per heavy atom. The van der Waals surface area contributed by atoms with Crippen molar-refractivity contribution in [1.82, 2.24) is 14.4 Å².